The van der Waals surface area contributed by atoms with E-state index in [0.717, 1.165) is 27.6 Å². The summed E-state index contributed by atoms with van der Waals surface area (Å²) in [6, 6.07) is 41.5. The van der Waals surface area contributed by atoms with Crippen LogP contribution in [0, 0.1) is 0 Å². The van der Waals surface area contributed by atoms with Gasteiger partial charge >= 0.3 is 0 Å². The molecule has 0 aliphatic heterocycles. The van der Waals surface area contributed by atoms with Gasteiger partial charge in [0.2, 0.25) is 0 Å². The first-order valence-electron chi connectivity index (χ1n) is 12.4. The van der Waals surface area contributed by atoms with Crippen LogP contribution in [-0.2, 0) is 0 Å². The molecule has 8 aromatic rings. The molecule has 0 spiro atoms. The average molecular weight is 458 g/mol. The summed E-state index contributed by atoms with van der Waals surface area (Å²) in [6.45, 7) is 0. The zero-order chi connectivity index (χ0) is 23.4. The van der Waals surface area contributed by atoms with Crippen LogP contribution in [0.5, 0.6) is 0 Å². The van der Waals surface area contributed by atoms with Gasteiger partial charge in [0.25, 0.3) is 0 Å². The molecule has 0 atom stereocenters. The lowest BCUT2D eigenvalue weighted by atomic mass is 10.00. The van der Waals surface area contributed by atoms with E-state index in [1.807, 2.05) is 6.07 Å². The number of rotatable bonds is 1. The van der Waals surface area contributed by atoms with Gasteiger partial charge in [-0.25, -0.2) is 0 Å². The van der Waals surface area contributed by atoms with Gasteiger partial charge in [0.15, 0.2) is 5.58 Å². The molecule has 9 rings (SSSR count). The minimum Gasteiger partial charge on any atom is -0.454 e. The molecule has 166 valence electrons. The third-order valence-electron chi connectivity index (χ3n) is 7.93. The monoisotopic (exact) mass is 457 g/mol. The summed E-state index contributed by atoms with van der Waals surface area (Å²) in [7, 11) is 0. The standard InChI is InChI=1S/C34H19NO/c1-3-15-28-21(10-1)25-19-18-24-23-12-5-8-20-9-6-14-27(31(20)23)32(24)33(25)35(28)29-16-7-13-26-22-11-2-4-17-30(22)36-34(26)29/h1-19H. The molecule has 1 aliphatic rings. The summed E-state index contributed by atoms with van der Waals surface area (Å²) in [5.74, 6) is 0. The number of hydrogen-bond acceptors (Lipinski definition) is 1. The van der Waals surface area contributed by atoms with Gasteiger partial charge in [0, 0.05) is 27.1 Å². The molecule has 0 fully saturated rings. The van der Waals surface area contributed by atoms with Gasteiger partial charge in [-0.15, -0.1) is 0 Å². The second kappa shape index (κ2) is 6.44. The predicted molar refractivity (Wildman–Crippen MR) is 150 cm³/mol. The first kappa shape index (κ1) is 18.5. The lowest BCUT2D eigenvalue weighted by Gasteiger charge is -2.12. The van der Waals surface area contributed by atoms with E-state index in [1.165, 1.54) is 54.8 Å². The van der Waals surface area contributed by atoms with Crippen molar-refractivity contribution in [3.05, 3.63) is 115 Å². The highest BCUT2D eigenvalue weighted by atomic mass is 16.3. The van der Waals surface area contributed by atoms with E-state index in [9.17, 15) is 0 Å². The zero-order valence-electron chi connectivity index (χ0n) is 19.3. The van der Waals surface area contributed by atoms with Crippen LogP contribution in [0.25, 0.3) is 82.5 Å². The van der Waals surface area contributed by atoms with Crippen LogP contribution in [0.15, 0.2) is 120 Å². The van der Waals surface area contributed by atoms with E-state index in [2.05, 4.69) is 114 Å². The summed E-state index contributed by atoms with van der Waals surface area (Å²) in [6.07, 6.45) is 0. The molecule has 36 heavy (non-hydrogen) atoms. The predicted octanol–water partition coefficient (Wildman–Crippen LogP) is 9.48. The van der Waals surface area contributed by atoms with Crippen molar-refractivity contribution in [1.29, 1.82) is 0 Å². The molecular formula is C34H19NO. The van der Waals surface area contributed by atoms with Crippen molar-refractivity contribution in [2.75, 3.05) is 0 Å². The maximum Gasteiger partial charge on any atom is 0.159 e. The molecule has 0 N–H and O–H groups in total. The number of nitrogens with zero attached hydrogens (tertiary/aromatic N) is 1. The normalized spacial score (nSPS) is 12.4. The minimum absolute atomic E-state index is 0.920. The molecule has 0 saturated heterocycles. The van der Waals surface area contributed by atoms with Crippen molar-refractivity contribution in [2.24, 2.45) is 0 Å². The van der Waals surface area contributed by atoms with Crippen LogP contribution in [0.1, 0.15) is 0 Å². The average Bonchev–Trinajstić information content (AvgIpc) is 3.58. The van der Waals surface area contributed by atoms with Crippen molar-refractivity contribution in [3.63, 3.8) is 0 Å². The molecule has 2 nitrogen and oxygen atoms in total. The first-order valence-corrected chi connectivity index (χ1v) is 12.4. The van der Waals surface area contributed by atoms with Gasteiger partial charge < -0.3 is 8.98 Å². The van der Waals surface area contributed by atoms with E-state index in [4.69, 9.17) is 4.42 Å². The van der Waals surface area contributed by atoms with Crippen molar-refractivity contribution in [1.82, 2.24) is 4.57 Å². The van der Waals surface area contributed by atoms with Crippen molar-refractivity contribution < 1.29 is 4.42 Å². The van der Waals surface area contributed by atoms with Gasteiger partial charge in [-0.2, -0.15) is 0 Å². The maximum absolute atomic E-state index is 6.52. The van der Waals surface area contributed by atoms with Crippen LogP contribution < -0.4 is 0 Å². The van der Waals surface area contributed by atoms with Crippen molar-refractivity contribution in [2.45, 2.75) is 0 Å². The lowest BCUT2D eigenvalue weighted by Crippen LogP contribution is -1.96. The summed E-state index contributed by atoms with van der Waals surface area (Å²) in [4.78, 5) is 0. The van der Waals surface area contributed by atoms with Gasteiger partial charge in [-0.3, -0.25) is 0 Å². The minimum atomic E-state index is 0.920. The van der Waals surface area contributed by atoms with E-state index in [0.29, 0.717) is 0 Å². The second-order valence-corrected chi connectivity index (χ2v) is 9.70. The third-order valence-corrected chi connectivity index (χ3v) is 7.93. The summed E-state index contributed by atoms with van der Waals surface area (Å²) in [5.41, 5.74) is 10.6. The third kappa shape index (κ3) is 2.14. The topological polar surface area (TPSA) is 18.1 Å². The van der Waals surface area contributed by atoms with Crippen LogP contribution in [0.3, 0.4) is 0 Å². The highest BCUT2D eigenvalue weighted by Gasteiger charge is 2.27. The molecule has 0 saturated carbocycles. The maximum atomic E-state index is 6.52. The van der Waals surface area contributed by atoms with Crippen LogP contribution in [-0.4, -0.2) is 4.57 Å². The summed E-state index contributed by atoms with van der Waals surface area (Å²) in [5, 5.41) is 7.45. The number of furan rings is 1. The number of hydrogen-bond donors (Lipinski definition) is 0. The first-order chi connectivity index (χ1) is 17.9. The highest BCUT2D eigenvalue weighted by Crippen LogP contribution is 2.52. The Balaban J connectivity index is 1.52. The SMILES string of the molecule is c1cc2c3c(cccc3c1)-c1c-2ccc2c3ccccc3n(-c3cccc4c3oc3ccccc34)c12. The zero-order valence-corrected chi connectivity index (χ0v) is 19.3. The van der Waals surface area contributed by atoms with Crippen LogP contribution >= 0.6 is 0 Å². The Morgan fingerprint density at radius 1 is 0.500 bits per heavy atom. The molecule has 2 aromatic heterocycles. The van der Waals surface area contributed by atoms with Crippen LogP contribution in [0.2, 0.25) is 0 Å². The highest BCUT2D eigenvalue weighted by molar-refractivity contribution is 6.25. The molecule has 1 aliphatic carbocycles. The molecule has 0 unspecified atom stereocenters. The summed E-state index contributed by atoms with van der Waals surface area (Å²) >= 11 is 0. The molecule has 6 aromatic carbocycles. The molecule has 2 heteroatoms. The van der Waals surface area contributed by atoms with Crippen molar-refractivity contribution in [3.8, 4) is 27.9 Å². The Kier molecular flexibility index (Phi) is 3.31. The fourth-order valence-corrected chi connectivity index (χ4v) is 6.49. The Morgan fingerprint density at radius 3 is 2.17 bits per heavy atom. The molecular weight excluding hydrogens is 438 g/mol. The number of para-hydroxylation sites is 3. The number of aromatic nitrogens is 1. The van der Waals surface area contributed by atoms with Gasteiger partial charge in [-0.05, 0) is 45.7 Å². The Hall–Kier alpha value is -4.82. The summed E-state index contributed by atoms with van der Waals surface area (Å²) < 4.78 is 8.95. The Morgan fingerprint density at radius 2 is 1.25 bits per heavy atom. The van der Waals surface area contributed by atoms with E-state index in [-0.39, 0.29) is 0 Å². The van der Waals surface area contributed by atoms with E-state index < -0.39 is 0 Å². The van der Waals surface area contributed by atoms with E-state index >= 15 is 0 Å². The number of fused-ring (bicyclic) bond motifs is 10. The van der Waals surface area contributed by atoms with Crippen LogP contribution in [0.4, 0.5) is 0 Å². The lowest BCUT2D eigenvalue weighted by molar-refractivity contribution is 0.666. The molecule has 2 heterocycles. The number of benzene rings is 6. The molecule has 0 amide bonds. The Labute approximate surface area is 206 Å². The fraction of sp³-hybridized carbons (Fsp3) is 0. The van der Waals surface area contributed by atoms with Gasteiger partial charge in [0.05, 0.1) is 16.7 Å². The van der Waals surface area contributed by atoms with Gasteiger partial charge in [-0.1, -0.05) is 97.1 Å². The Bertz CT molecular complexity index is 2200. The fourth-order valence-electron chi connectivity index (χ4n) is 6.49. The van der Waals surface area contributed by atoms with Crippen molar-refractivity contribution >= 4 is 54.5 Å². The smallest absolute Gasteiger partial charge is 0.159 e. The largest absolute Gasteiger partial charge is 0.454 e. The van der Waals surface area contributed by atoms with E-state index in [1.54, 1.807) is 0 Å². The second-order valence-electron chi connectivity index (χ2n) is 9.70. The van der Waals surface area contributed by atoms with Gasteiger partial charge in [0.1, 0.15) is 5.58 Å². The molecule has 0 radical (unpaired) electrons. The quantitative estimate of drug-likeness (QED) is 0.240. The molecule has 0 bridgehead atoms.